The molecule has 0 aliphatic heterocycles. The second kappa shape index (κ2) is 7.29. The number of hydrogen-bond donors (Lipinski definition) is 1. The SMILES string of the molecule is CC(C)CNCC(C)OC1CCCC(C)C1. The lowest BCUT2D eigenvalue weighted by Crippen LogP contribution is -2.33. The van der Waals surface area contributed by atoms with Crippen LogP contribution in [-0.2, 0) is 4.74 Å². The van der Waals surface area contributed by atoms with E-state index < -0.39 is 0 Å². The fourth-order valence-electron chi connectivity index (χ4n) is 2.45. The minimum Gasteiger partial charge on any atom is -0.374 e. The molecular formula is C14H29NO. The summed E-state index contributed by atoms with van der Waals surface area (Å²) in [6.07, 6.45) is 6.12. The van der Waals surface area contributed by atoms with E-state index in [1.54, 1.807) is 0 Å². The molecule has 0 saturated heterocycles. The van der Waals surface area contributed by atoms with Crippen molar-refractivity contribution in [3.05, 3.63) is 0 Å². The molecule has 0 spiro atoms. The monoisotopic (exact) mass is 227 g/mol. The molecular weight excluding hydrogens is 198 g/mol. The molecule has 0 aromatic carbocycles. The normalized spacial score (nSPS) is 28.3. The third-order valence-electron chi connectivity index (χ3n) is 3.30. The van der Waals surface area contributed by atoms with Gasteiger partial charge in [0.1, 0.15) is 0 Å². The Labute approximate surface area is 101 Å². The predicted octanol–water partition coefficient (Wildman–Crippen LogP) is 3.22. The second-order valence-corrected chi connectivity index (χ2v) is 5.89. The molecule has 3 atom stereocenters. The lowest BCUT2D eigenvalue weighted by atomic mass is 9.88. The van der Waals surface area contributed by atoms with Crippen LogP contribution in [0.4, 0.5) is 0 Å². The van der Waals surface area contributed by atoms with E-state index in [-0.39, 0.29) is 0 Å². The van der Waals surface area contributed by atoms with Crippen LogP contribution in [0, 0.1) is 11.8 Å². The molecule has 1 N–H and O–H groups in total. The molecule has 0 radical (unpaired) electrons. The Bertz CT molecular complexity index is 182. The second-order valence-electron chi connectivity index (χ2n) is 5.89. The van der Waals surface area contributed by atoms with Crippen LogP contribution in [-0.4, -0.2) is 25.3 Å². The van der Waals surface area contributed by atoms with E-state index in [1.807, 2.05) is 0 Å². The summed E-state index contributed by atoms with van der Waals surface area (Å²) < 4.78 is 6.08. The molecule has 16 heavy (non-hydrogen) atoms. The Morgan fingerprint density at radius 3 is 2.56 bits per heavy atom. The maximum Gasteiger partial charge on any atom is 0.0675 e. The van der Waals surface area contributed by atoms with Crippen LogP contribution in [0.5, 0.6) is 0 Å². The quantitative estimate of drug-likeness (QED) is 0.752. The summed E-state index contributed by atoms with van der Waals surface area (Å²) >= 11 is 0. The van der Waals surface area contributed by atoms with Gasteiger partial charge < -0.3 is 10.1 Å². The first-order chi connectivity index (χ1) is 7.58. The van der Waals surface area contributed by atoms with Crippen molar-refractivity contribution in [1.29, 1.82) is 0 Å². The molecule has 0 bridgehead atoms. The molecule has 0 amide bonds. The molecule has 2 heteroatoms. The molecule has 0 aromatic rings. The molecule has 1 saturated carbocycles. The Hall–Kier alpha value is -0.0800. The van der Waals surface area contributed by atoms with Crippen molar-refractivity contribution in [2.75, 3.05) is 13.1 Å². The number of nitrogens with one attached hydrogen (secondary N) is 1. The summed E-state index contributed by atoms with van der Waals surface area (Å²) in [4.78, 5) is 0. The van der Waals surface area contributed by atoms with Gasteiger partial charge in [-0.05, 0) is 38.1 Å². The van der Waals surface area contributed by atoms with Crippen molar-refractivity contribution in [1.82, 2.24) is 5.32 Å². The zero-order valence-corrected chi connectivity index (χ0v) is 11.5. The van der Waals surface area contributed by atoms with Crippen LogP contribution in [0.3, 0.4) is 0 Å². The first-order valence-electron chi connectivity index (χ1n) is 6.94. The highest BCUT2D eigenvalue weighted by Gasteiger charge is 2.20. The average Bonchev–Trinajstić information content (AvgIpc) is 2.16. The average molecular weight is 227 g/mol. The summed E-state index contributed by atoms with van der Waals surface area (Å²) in [5.74, 6) is 1.58. The van der Waals surface area contributed by atoms with E-state index in [0.29, 0.717) is 12.2 Å². The molecule has 1 rings (SSSR count). The Morgan fingerprint density at radius 2 is 1.94 bits per heavy atom. The summed E-state index contributed by atoms with van der Waals surface area (Å²) in [6, 6.07) is 0. The number of ether oxygens (including phenoxy) is 1. The van der Waals surface area contributed by atoms with Gasteiger partial charge in [-0.15, -0.1) is 0 Å². The molecule has 3 unspecified atom stereocenters. The first-order valence-corrected chi connectivity index (χ1v) is 6.94. The molecule has 1 aliphatic rings. The van der Waals surface area contributed by atoms with Gasteiger partial charge >= 0.3 is 0 Å². The maximum absolute atomic E-state index is 6.08. The highest BCUT2D eigenvalue weighted by Crippen LogP contribution is 2.26. The van der Waals surface area contributed by atoms with Gasteiger partial charge in [0.25, 0.3) is 0 Å². The number of rotatable bonds is 6. The van der Waals surface area contributed by atoms with E-state index in [1.165, 1.54) is 25.7 Å². The van der Waals surface area contributed by atoms with Crippen molar-refractivity contribution >= 4 is 0 Å². The summed E-state index contributed by atoms with van der Waals surface area (Å²) in [5.41, 5.74) is 0. The molecule has 1 aliphatic carbocycles. The third kappa shape index (κ3) is 5.86. The van der Waals surface area contributed by atoms with Crippen LogP contribution < -0.4 is 5.32 Å². The van der Waals surface area contributed by atoms with Crippen molar-refractivity contribution in [2.24, 2.45) is 11.8 Å². The number of hydrogen-bond acceptors (Lipinski definition) is 2. The lowest BCUT2D eigenvalue weighted by Gasteiger charge is -2.29. The Morgan fingerprint density at radius 1 is 1.19 bits per heavy atom. The van der Waals surface area contributed by atoms with Crippen LogP contribution in [0.2, 0.25) is 0 Å². The van der Waals surface area contributed by atoms with Crippen molar-refractivity contribution in [3.63, 3.8) is 0 Å². The van der Waals surface area contributed by atoms with E-state index in [2.05, 4.69) is 33.0 Å². The minimum atomic E-state index is 0.356. The van der Waals surface area contributed by atoms with Gasteiger partial charge in [0, 0.05) is 6.54 Å². The maximum atomic E-state index is 6.08. The van der Waals surface area contributed by atoms with Crippen LogP contribution in [0.25, 0.3) is 0 Å². The Balaban J connectivity index is 2.10. The van der Waals surface area contributed by atoms with Gasteiger partial charge in [0.2, 0.25) is 0 Å². The molecule has 96 valence electrons. The van der Waals surface area contributed by atoms with Gasteiger partial charge in [-0.25, -0.2) is 0 Å². The largest absolute Gasteiger partial charge is 0.374 e. The van der Waals surface area contributed by atoms with Gasteiger partial charge in [0.05, 0.1) is 12.2 Å². The van der Waals surface area contributed by atoms with Gasteiger partial charge in [-0.3, -0.25) is 0 Å². The summed E-state index contributed by atoms with van der Waals surface area (Å²) in [5, 5.41) is 3.46. The van der Waals surface area contributed by atoms with Gasteiger partial charge in [-0.2, -0.15) is 0 Å². The van der Waals surface area contributed by atoms with Gasteiger partial charge in [0.15, 0.2) is 0 Å². The Kier molecular flexibility index (Phi) is 6.37. The van der Waals surface area contributed by atoms with Crippen molar-refractivity contribution < 1.29 is 4.74 Å². The van der Waals surface area contributed by atoms with E-state index in [0.717, 1.165) is 24.9 Å². The van der Waals surface area contributed by atoms with E-state index in [4.69, 9.17) is 4.74 Å². The fraction of sp³-hybridized carbons (Fsp3) is 1.00. The topological polar surface area (TPSA) is 21.3 Å². The highest BCUT2D eigenvalue weighted by atomic mass is 16.5. The lowest BCUT2D eigenvalue weighted by molar-refractivity contribution is -0.0293. The standard InChI is InChI=1S/C14H29NO/c1-11(2)9-15-10-13(4)16-14-7-5-6-12(3)8-14/h11-15H,5-10H2,1-4H3. The van der Waals surface area contributed by atoms with E-state index in [9.17, 15) is 0 Å². The molecule has 0 aromatic heterocycles. The summed E-state index contributed by atoms with van der Waals surface area (Å²) in [6.45, 7) is 11.1. The first kappa shape index (κ1) is 14.0. The zero-order valence-electron chi connectivity index (χ0n) is 11.5. The van der Waals surface area contributed by atoms with Gasteiger partial charge in [-0.1, -0.05) is 33.6 Å². The van der Waals surface area contributed by atoms with Crippen LogP contribution in [0.15, 0.2) is 0 Å². The highest BCUT2D eigenvalue weighted by molar-refractivity contribution is 4.72. The third-order valence-corrected chi connectivity index (χ3v) is 3.30. The molecule has 1 fully saturated rings. The van der Waals surface area contributed by atoms with Crippen LogP contribution in [0.1, 0.15) is 53.4 Å². The smallest absolute Gasteiger partial charge is 0.0675 e. The van der Waals surface area contributed by atoms with Crippen molar-refractivity contribution in [3.8, 4) is 0 Å². The zero-order chi connectivity index (χ0) is 12.0. The summed E-state index contributed by atoms with van der Waals surface area (Å²) in [7, 11) is 0. The minimum absolute atomic E-state index is 0.356. The van der Waals surface area contributed by atoms with Crippen LogP contribution >= 0.6 is 0 Å². The molecule has 2 nitrogen and oxygen atoms in total. The van der Waals surface area contributed by atoms with E-state index >= 15 is 0 Å². The van der Waals surface area contributed by atoms with Crippen molar-refractivity contribution in [2.45, 2.75) is 65.6 Å². The fourth-order valence-corrected chi connectivity index (χ4v) is 2.45. The molecule has 0 heterocycles. The predicted molar refractivity (Wildman–Crippen MR) is 69.7 cm³/mol.